The highest BCUT2D eigenvalue weighted by atomic mass is 35.5. The summed E-state index contributed by atoms with van der Waals surface area (Å²) < 4.78 is 12.9. The van der Waals surface area contributed by atoms with E-state index in [2.05, 4.69) is 0 Å². The van der Waals surface area contributed by atoms with Crippen LogP contribution < -0.4 is 5.73 Å². The molecule has 2 rings (SSSR count). The van der Waals surface area contributed by atoms with Gasteiger partial charge in [-0.2, -0.15) is 0 Å². The van der Waals surface area contributed by atoms with Gasteiger partial charge in [-0.3, -0.25) is 0 Å². The molecule has 0 aliphatic heterocycles. The minimum Gasteiger partial charge on any atom is -0.399 e. The number of hydrogen-bond acceptors (Lipinski definition) is 2. The van der Waals surface area contributed by atoms with Gasteiger partial charge in [0.2, 0.25) is 0 Å². The van der Waals surface area contributed by atoms with Crippen LogP contribution in [-0.4, -0.2) is 0 Å². The van der Waals surface area contributed by atoms with Gasteiger partial charge in [-0.25, -0.2) is 4.39 Å². The zero-order valence-electron chi connectivity index (χ0n) is 8.99. The van der Waals surface area contributed by atoms with Crippen molar-refractivity contribution >= 4 is 29.1 Å². The quantitative estimate of drug-likeness (QED) is 0.661. The molecule has 0 aliphatic carbocycles. The number of nitrogens with two attached hydrogens (primary N) is 1. The third-order valence-corrected chi connectivity index (χ3v) is 3.66. The van der Waals surface area contributed by atoms with E-state index in [-0.39, 0.29) is 5.82 Å². The largest absolute Gasteiger partial charge is 0.399 e. The van der Waals surface area contributed by atoms with Gasteiger partial charge in [0.1, 0.15) is 5.82 Å². The summed E-state index contributed by atoms with van der Waals surface area (Å²) >= 11 is 7.57. The smallest absolute Gasteiger partial charge is 0.124 e. The van der Waals surface area contributed by atoms with E-state index in [0.717, 1.165) is 16.1 Å². The van der Waals surface area contributed by atoms with Crippen LogP contribution in [0.1, 0.15) is 5.56 Å². The van der Waals surface area contributed by atoms with Gasteiger partial charge in [-0.1, -0.05) is 23.7 Å². The van der Waals surface area contributed by atoms with Gasteiger partial charge >= 0.3 is 0 Å². The molecule has 2 N–H and O–H groups in total. The summed E-state index contributed by atoms with van der Waals surface area (Å²) in [6.45, 7) is 0. The lowest BCUT2D eigenvalue weighted by Gasteiger charge is -2.05. The summed E-state index contributed by atoms with van der Waals surface area (Å²) in [6.07, 6.45) is 0. The van der Waals surface area contributed by atoms with E-state index in [1.165, 1.54) is 12.1 Å². The van der Waals surface area contributed by atoms with E-state index in [4.69, 9.17) is 17.3 Å². The highest BCUT2D eigenvalue weighted by Gasteiger charge is 2.03. The molecule has 1 nitrogen and oxygen atoms in total. The fraction of sp³-hybridized carbons (Fsp3) is 0.0769. The minimum absolute atomic E-state index is 0.312. The maximum Gasteiger partial charge on any atom is 0.124 e. The zero-order valence-corrected chi connectivity index (χ0v) is 10.6. The van der Waals surface area contributed by atoms with E-state index >= 15 is 0 Å². The first-order valence-corrected chi connectivity index (χ1v) is 6.44. The molecule has 17 heavy (non-hydrogen) atoms. The first kappa shape index (κ1) is 12.3. The first-order chi connectivity index (χ1) is 8.15. The Morgan fingerprint density at radius 3 is 2.71 bits per heavy atom. The lowest BCUT2D eigenvalue weighted by atomic mass is 10.2. The highest BCUT2D eigenvalue weighted by Crippen LogP contribution is 2.28. The Bertz CT molecular complexity index is 531. The molecule has 88 valence electrons. The van der Waals surface area contributed by atoms with E-state index in [9.17, 15) is 4.39 Å². The van der Waals surface area contributed by atoms with Crippen molar-refractivity contribution < 1.29 is 4.39 Å². The van der Waals surface area contributed by atoms with Crippen LogP contribution in [-0.2, 0) is 5.75 Å². The normalized spacial score (nSPS) is 10.5. The fourth-order valence-corrected chi connectivity index (χ4v) is 2.69. The van der Waals surface area contributed by atoms with Crippen LogP contribution in [0.25, 0.3) is 0 Å². The average Bonchev–Trinajstić information content (AvgIpc) is 2.28. The van der Waals surface area contributed by atoms with Gasteiger partial charge in [-0.15, -0.1) is 11.8 Å². The van der Waals surface area contributed by atoms with Crippen molar-refractivity contribution in [1.82, 2.24) is 0 Å². The Hall–Kier alpha value is -1.19. The Kier molecular flexibility index (Phi) is 3.92. The fourth-order valence-electron chi connectivity index (χ4n) is 1.40. The van der Waals surface area contributed by atoms with Crippen LogP contribution in [0.4, 0.5) is 10.1 Å². The summed E-state index contributed by atoms with van der Waals surface area (Å²) in [5, 5.41) is 0.460. The number of halogens is 2. The molecule has 0 unspecified atom stereocenters. The number of benzene rings is 2. The molecule has 0 heterocycles. The molecule has 0 fully saturated rings. The molecule has 0 aromatic heterocycles. The second kappa shape index (κ2) is 5.43. The van der Waals surface area contributed by atoms with E-state index in [1.807, 2.05) is 24.3 Å². The standard InChI is InChI=1S/C13H11ClFNS/c14-13-6-10(15)5-4-9(13)8-17-12-3-1-2-11(16)7-12/h1-7H,8,16H2. The number of rotatable bonds is 3. The Morgan fingerprint density at radius 1 is 1.18 bits per heavy atom. The predicted molar refractivity (Wildman–Crippen MR) is 71.8 cm³/mol. The Labute approximate surface area is 109 Å². The topological polar surface area (TPSA) is 26.0 Å². The van der Waals surface area contributed by atoms with Crippen LogP contribution in [0.5, 0.6) is 0 Å². The molecular formula is C13H11ClFNS. The molecule has 0 spiro atoms. The molecule has 0 radical (unpaired) electrons. The summed E-state index contributed by atoms with van der Waals surface area (Å²) in [5.41, 5.74) is 7.34. The Balaban J connectivity index is 2.07. The van der Waals surface area contributed by atoms with Crippen molar-refractivity contribution in [3.8, 4) is 0 Å². The van der Waals surface area contributed by atoms with E-state index in [0.29, 0.717) is 10.8 Å². The van der Waals surface area contributed by atoms with Crippen LogP contribution >= 0.6 is 23.4 Å². The van der Waals surface area contributed by atoms with Crippen LogP contribution in [0, 0.1) is 5.82 Å². The number of anilines is 1. The van der Waals surface area contributed by atoms with Crippen molar-refractivity contribution in [2.45, 2.75) is 10.6 Å². The molecule has 2 aromatic rings. The van der Waals surface area contributed by atoms with Crippen molar-refractivity contribution in [3.63, 3.8) is 0 Å². The summed E-state index contributed by atoms with van der Waals surface area (Å²) in [6, 6.07) is 12.1. The molecular weight excluding hydrogens is 257 g/mol. The van der Waals surface area contributed by atoms with Crippen molar-refractivity contribution in [2.75, 3.05) is 5.73 Å². The molecule has 0 bridgehead atoms. The third-order valence-electron chi connectivity index (χ3n) is 2.27. The van der Waals surface area contributed by atoms with E-state index in [1.54, 1.807) is 17.8 Å². The van der Waals surface area contributed by atoms with Crippen molar-refractivity contribution in [1.29, 1.82) is 0 Å². The summed E-state index contributed by atoms with van der Waals surface area (Å²) in [7, 11) is 0. The molecule has 0 atom stereocenters. The molecule has 0 saturated carbocycles. The first-order valence-electron chi connectivity index (χ1n) is 5.07. The highest BCUT2D eigenvalue weighted by molar-refractivity contribution is 7.98. The van der Waals surface area contributed by atoms with Crippen LogP contribution in [0.2, 0.25) is 5.02 Å². The monoisotopic (exact) mass is 267 g/mol. The lowest BCUT2D eigenvalue weighted by Crippen LogP contribution is -1.86. The zero-order chi connectivity index (χ0) is 12.3. The predicted octanol–water partition coefficient (Wildman–Crippen LogP) is 4.35. The molecule has 0 saturated heterocycles. The van der Waals surface area contributed by atoms with Gasteiger partial charge in [0.05, 0.1) is 0 Å². The summed E-state index contributed by atoms with van der Waals surface area (Å²) in [4.78, 5) is 1.07. The minimum atomic E-state index is -0.312. The maximum absolute atomic E-state index is 12.9. The van der Waals surface area contributed by atoms with Gasteiger partial charge in [0.25, 0.3) is 0 Å². The number of nitrogen functional groups attached to an aromatic ring is 1. The summed E-state index contributed by atoms with van der Waals surface area (Å²) in [5.74, 6) is 0.385. The number of hydrogen-bond donors (Lipinski definition) is 1. The average molecular weight is 268 g/mol. The van der Waals surface area contributed by atoms with Gasteiger partial charge in [-0.05, 0) is 35.9 Å². The van der Waals surface area contributed by atoms with Crippen molar-refractivity contribution in [2.24, 2.45) is 0 Å². The third kappa shape index (κ3) is 3.38. The van der Waals surface area contributed by atoms with Gasteiger partial charge in [0, 0.05) is 21.4 Å². The van der Waals surface area contributed by atoms with Gasteiger partial charge in [0.15, 0.2) is 0 Å². The van der Waals surface area contributed by atoms with Crippen LogP contribution in [0.15, 0.2) is 47.4 Å². The SMILES string of the molecule is Nc1cccc(SCc2ccc(F)cc2Cl)c1. The van der Waals surface area contributed by atoms with Crippen LogP contribution in [0.3, 0.4) is 0 Å². The lowest BCUT2D eigenvalue weighted by molar-refractivity contribution is 0.627. The second-order valence-electron chi connectivity index (χ2n) is 3.60. The van der Waals surface area contributed by atoms with Gasteiger partial charge < -0.3 is 5.73 Å². The second-order valence-corrected chi connectivity index (χ2v) is 5.05. The molecule has 0 aliphatic rings. The maximum atomic E-state index is 12.9. The van der Waals surface area contributed by atoms with E-state index < -0.39 is 0 Å². The van der Waals surface area contributed by atoms with Crippen molar-refractivity contribution in [3.05, 3.63) is 58.9 Å². The molecule has 2 aromatic carbocycles. The molecule has 4 heteroatoms. The Morgan fingerprint density at radius 2 is 2.00 bits per heavy atom. The number of thioether (sulfide) groups is 1. The molecule has 0 amide bonds.